The Morgan fingerprint density at radius 1 is 1.67 bits per heavy atom. The molecule has 0 bridgehead atoms. The average molecular weight is 128 g/mol. The smallest absolute Gasteiger partial charge is 0.217 e. The summed E-state index contributed by atoms with van der Waals surface area (Å²) in [5.74, 6) is -0.0313. The molecule has 0 rings (SSSR count). The van der Waals surface area contributed by atoms with E-state index in [0.717, 1.165) is 5.57 Å². The van der Waals surface area contributed by atoms with E-state index in [4.69, 9.17) is 5.73 Å². The molecule has 0 unspecified atom stereocenters. The van der Waals surface area contributed by atoms with Gasteiger partial charge in [0.05, 0.1) is 0 Å². The van der Waals surface area contributed by atoms with Gasteiger partial charge in [-0.1, -0.05) is 0 Å². The largest absolute Gasteiger partial charge is 0.405 e. The van der Waals surface area contributed by atoms with E-state index in [0.29, 0.717) is 6.54 Å². The summed E-state index contributed by atoms with van der Waals surface area (Å²) < 4.78 is 0. The van der Waals surface area contributed by atoms with Crippen molar-refractivity contribution in [2.75, 3.05) is 6.54 Å². The van der Waals surface area contributed by atoms with Crippen molar-refractivity contribution < 1.29 is 4.79 Å². The number of hydrogen-bond acceptors (Lipinski definition) is 2. The second kappa shape index (κ2) is 3.95. The first-order valence-corrected chi connectivity index (χ1v) is 2.78. The summed E-state index contributed by atoms with van der Waals surface area (Å²) >= 11 is 0. The molecule has 0 spiro atoms. The van der Waals surface area contributed by atoms with Gasteiger partial charge in [-0.3, -0.25) is 4.79 Å². The van der Waals surface area contributed by atoms with Gasteiger partial charge < -0.3 is 11.1 Å². The zero-order valence-corrected chi connectivity index (χ0v) is 5.77. The van der Waals surface area contributed by atoms with Crippen LogP contribution in [0.5, 0.6) is 0 Å². The highest BCUT2D eigenvalue weighted by Gasteiger charge is 1.89. The number of carbonyl (C=O) groups excluding carboxylic acids is 1. The van der Waals surface area contributed by atoms with E-state index >= 15 is 0 Å². The molecule has 0 aliphatic heterocycles. The van der Waals surface area contributed by atoms with Gasteiger partial charge in [-0.25, -0.2) is 0 Å². The molecular formula is C6H12N2O. The first kappa shape index (κ1) is 8.01. The molecule has 0 aromatic rings. The molecule has 0 aliphatic rings. The first-order chi connectivity index (χ1) is 4.16. The second-order valence-electron chi connectivity index (χ2n) is 1.92. The quantitative estimate of drug-likeness (QED) is 0.549. The normalized spacial score (nSPS) is 11.1. The monoisotopic (exact) mass is 128 g/mol. The van der Waals surface area contributed by atoms with E-state index in [1.165, 1.54) is 13.1 Å². The molecule has 0 aromatic heterocycles. The average Bonchev–Trinajstić information content (AvgIpc) is 1.83. The fraction of sp³-hybridized carbons (Fsp3) is 0.500. The lowest BCUT2D eigenvalue weighted by Gasteiger charge is -1.98. The van der Waals surface area contributed by atoms with Crippen LogP contribution in [-0.4, -0.2) is 12.5 Å². The van der Waals surface area contributed by atoms with E-state index in [1.807, 2.05) is 6.92 Å². The Hall–Kier alpha value is -0.990. The Morgan fingerprint density at radius 2 is 2.22 bits per heavy atom. The molecule has 0 aromatic carbocycles. The summed E-state index contributed by atoms with van der Waals surface area (Å²) in [6.07, 6.45) is 1.48. The number of nitrogens with two attached hydrogens (primary N) is 1. The maximum atomic E-state index is 10.3. The lowest BCUT2D eigenvalue weighted by Crippen LogP contribution is -2.21. The molecule has 52 valence electrons. The summed E-state index contributed by atoms with van der Waals surface area (Å²) in [7, 11) is 0. The highest BCUT2D eigenvalue weighted by molar-refractivity contribution is 5.73. The summed E-state index contributed by atoms with van der Waals surface area (Å²) in [6.45, 7) is 3.88. The minimum absolute atomic E-state index is 0.0313. The van der Waals surface area contributed by atoms with Crippen LogP contribution in [0.3, 0.4) is 0 Å². The van der Waals surface area contributed by atoms with E-state index in [1.54, 1.807) is 0 Å². The number of rotatable bonds is 2. The van der Waals surface area contributed by atoms with Crippen molar-refractivity contribution in [1.29, 1.82) is 0 Å². The van der Waals surface area contributed by atoms with E-state index in [-0.39, 0.29) is 5.91 Å². The topological polar surface area (TPSA) is 55.1 Å². The molecule has 0 saturated carbocycles. The van der Waals surface area contributed by atoms with Crippen LogP contribution in [0.4, 0.5) is 0 Å². The van der Waals surface area contributed by atoms with Gasteiger partial charge in [-0.05, 0) is 18.7 Å². The molecule has 3 nitrogen and oxygen atoms in total. The molecule has 0 saturated heterocycles. The van der Waals surface area contributed by atoms with Crippen molar-refractivity contribution in [1.82, 2.24) is 5.32 Å². The van der Waals surface area contributed by atoms with Gasteiger partial charge >= 0.3 is 0 Å². The summed E-state index contributed by atoms with van der Waals surface area (Å²) in [5, 5.41) is 2.61. The van der Waals surface area contributed by atoms with Gasteiger partial charge in [0.1, 0.15) is 0 Å². The Balaban J connectivity index is 3.39. The van der Waals surface area contributed by atoms with Gasteiger partial charge in [0.25, 0.3) is 0 Å². The number of carbonyl (C=O) groups is 1. The molecule has 0 aliphatic carbocycles. The zero-order valence-electron chi connectivity index (χ0n) is 5.77. The van der Waals surface area contributed by atoms with Crippen molar-refractivity contribution in [2.45, 2.75) is 13.8 Å². The Bertz CT molecular complexity index is 129. The fourth-order valence-corrected chi connectivity index (χ4v) is 0.323. The number of nitrogens with one attached hydrogen (secondary N) is 1. The minimum atomic E-state index is -0.0313. The van der Waals surface area contributed by atoms with Gasteiger partial charge in [0.15, 0.2) is 0 Å². The van der Waals surface area contributed by atoms with Gasteiger partial charge in [-0.15, -0.1) is 0 Å². The number of hydrogen-bond donors (Lipinski definition) is 2. The third kappa shape index (κ3) is 4.87. The predicted octanol–water partition coefficient (Wildman–Crippen LogP) is -0.0150. The van der Waals surface area contributed by atoms with E-state index in [9.17, 15) is 4.79 Å². The zero-order chi connectivity index (χ0) is 7.28. The minimum Gasteiger partial charge on any atom is -0.405 e. The van der Waals surface area contributed by atoms with Crippen molar-refractivity contribution in [2.24, 2.45) is 5.73 Å². The lowest BCUT2D eigenvalue weighted by molar-refractivity contribution is -0.118. The molecule has 9 heavy (non-hydrogen) atoms. The third-order valence-corrected chi connectivity index (χ3v) is 0.901. The Kier molecular flexibility index (Phi) is 3.51. The van der Waals surface area contributed by atoms with Crippen molar-refractivity contribution in [3.63, 3.8) is 0 Å². The molecule has 3 heteroatoms. The van der Waals surface area contributed by atoms with Crippen molar-refractivity contribution in [3.8, 4) is 0 Å². The Morgan fingerprint density at radius 3 is 2.56 bits per heavy atom. The van der Waals surface area contributed by atoms with Crippen molar-refractivity contribution in [3.05, 3.63) is 11.8 Å². The maximum Gasteiger partial charge on any atom is 0.217 e. The molecule has 0 atom stereocenters. The van der Waals surface area contributed by atoms with Crippen LogP contribution in [0.1, 0.15) is 13.8 Å². The van der Waals surface area contributed by atoms with Crippen LogP contribution < -0.4 is 11.1 Å². The highest BCUT2D eigenvalue weighted by atomic mass is 16.1. The summed E-state index contributed by atoms with van der Waals surface area (Å²) in [4.78, 5) is 10.3. The fourth-order valence-electron chi connectivity index (χ4n) is 0.323. The molecule has 1 amide bonds. The van der Waals surface area contributed by atoms with Crippen LogP contribution in [-0.2, 0) is 4.79 Å². The van der Waals surface area contributed by atoms with Crippen LogP contribution in [0.15, 0.2) is 11.8 Å². The standard InChI is InChI=1S/C6H12N2O/c1-5(3-7)4-8-6(2)9/h3H,4,7H2,1-2H3,(H,8,9)/b5-3+. The van der Waals surface area contributed by atoms with Crippen LogP contribution in [0.25, 0.3) is 0 Å². The lowest BCUT2D eigenvalue weighted by atomic mass is 10.3. The van der Waals surface area contributed by atoms with Crippen LogP contribution in [0, 0.1) is 0 Å². The SMILES string of the molecule is CC(=O)NC/C(C)=C/N. The highest BCUT2D eigenvalue weighted by Crippen LogP contribution is 1.83. The maximum absolute atomic E-state index is 10.3. The molecule has 3 N–H and O–H groups in total. The van der Waals surface area contributed by atoms with Crippen LogP contribution in [0.2, 0.25) is 0 Å². The number of amides is 1. The third-order valence-electron chi connectivity index (χ3n) is 0.901. The van der Waals surface area contributed by atoms with Crippen LogP contribution >= 0.6 is 0 Å². The van der Waals surface area contributed by atoms with Crippen molar-refractivity contribution >= 4 is 5.91 Å². The van der Waals surface area contributed by atoms with E-state index < -0.39 is 0 Å². The van der Waals surface area contributed by atoms with Gasteiger partial charge in [0.2, 0.25) is 5.91 Å². The molecule has 0 fully saturated rings. The van der Waals surface area contributed by atoms with Gasteiger partial charge in [-0.2, -0.15) is 0 Å². The predicted molar refractivity (Wildman–Crippen MR) is 36.6 cm³/mol. The Labute approximate surface area is 54.9 Å². The molecular weight excluding hydrogens is 116 g/mol. The van der Waals surface area contributed by atoms with Gasteiger partial charge in [0, 0.05) is 13.5 Å². The molecule has 0 heterocycles. The first-order valence-electron chi connectivity index (χ1n) is 2.78. The summed E-state index contributed by atoms with van der Waals surface area (Å²) in [6, 6.07) is 0. The van der Waals surface area contributed by atoms with E-state index in [2.05, 4.69) is 5.32 Å². The summed E-state index contributed by atoms with van der Waals surface area (Å²) in [5.41, 5.74) is 6.11. The second-order valence-corrected chi connectivity index (χ2v) is 1.92. The molecule has 0 radical (unpaired) electrons.